The molecule has 3 aromatic rings. The molecule has 5 nitrogen and oxygen atoms in total. The van der Waals surface area contributed by atoms with E-state index in [9.17, 15) is 10.2 Å². The predicted octanol–water partition coefficient (Wildman–Crippen LogP) is 4.67. The number of phenolic OH excluding ortho intramolecular Hbond substituents is 2. The molecule has 1 heterocycles. The number of nitrogens with one attached hydrogen (secondary N) is 2. The Morgan fingerprint density at radius 2 is 1.47 bits per heavy atom. The van der Waals surface area contributed by atoms with E-state index in [-0.39, 0.29) is 23.8 Å². The predicted molar refractivity (Wildman–Crippen MR) is 120 cm³/mol. The van der Waals surface area contributed by atoms with E-state index in [4.69, 9.17) is 4.99 Å². The summed E-state index contributed by atoms with van der Waals surface area (Å²) < 4.78 is 0. The summed E-state index contributed by atoms with van der Waals surface area (Å²) in [5.74, 6) is 0.818. The first-order chi connectivity index (χ1) is 14.3. The zero-order valence-electron chi connectivity index (χ0n) is 17.7. The van der Waals surface area contributed by atoms with Gasteiger partial charge in [-0.3, -0.25) is 5.32 Å². The number of aryl methyl sites for hydroxylation is 4. The third-order valence-electron chi connectivity index (χ3n) is 5.82. The third kappa shape index (κ3) is 3.89. The third-order valence-corrected chi connectivity index (χ3v) is 5.82. The summed E-state index contributed by atoms with van der Waals surface area (Å²) in [7, 11) is 0. The van der Waals surface area contributed by atoms with Crippen molar-refractivity contribution < 1.29 is 10.2 Å². The van der Waals surface area contributed by atoms with Crippen molar-refractivity contribution in [3.8, 4) is 11.5 Å². The highest BCUT2D eigenvalue weighted by Crippen LogP contribution is 2.32. The van der Waals surface area contributed by atoms with Crippen molar-refractivity contribution >= 4 is 5.84 Å². The maximum Gasteiger partial charge on any atom is 0.131 e. The number of benzene rings is 3. The van der Waals surface area contributed by atoms with Crippen LogP contribution in [0.15, 0.2) is 59.6 Å². The summed E-state index contributed by atoms with van der Waals surface area (Å²) in [6.45, 7) is 8.36. The number of rotatable bonds is 3. The van der Waals surface area contributed by atoms with Crippen LogP contribution in [0.4, 0.5) is 0 Å². The molecule has 0 aliphatic carbocycles. The summed E-state index contributed by atoms with van der Waals surface area (Å²) in [5.41, 5.74) is 7.58. The van der Waals surface area contributed by atoms with E-state index >= 15 is 0 Å². The zero-order chi connectivity index (χ0) is 21.4. The van der Waals surface area contributed by atoms with Gasteiger partial charge in [0.2, 0.25) is 0 Å². The van der Waals surface area contributed by atoms with Gasteiger partial charge in [-0.2, -0.15) is 0 Å². The highest BCUT2D eigenvalue weighted by molar-refractivity contribution is 5.99. The normalized spacial score (nSPS) is 18.6. The average Bonchev–Trinajstić information content (AvgIpc) is 2.71. The molecule has 3 aromatic carbocycles. The monoisotopic (exact) mass is 401 g/mol. The molecule has 30 heavy (non-hydrogen) atoms. The highest BCUT2D eigenvalue weighted by atomic mass is 16.3. The molecule has 1 aliphatic heterocycles. The standard InChI is InChI=1S/C25H27N3O2/c1-14-5-7-18(11-16(14)3)23-26-24(19-8-6-15(2)17(4)12-19)28-25(27-23)21-10-9-20(29)13-22(21)30/h5-13,23,25,27,29-30H,1-4H3,(H,26,28). The van der Waals surface area contributed by atoms with Gasteiger partial charge in [0.05, 0.1) is 0 Å². The average molecular weight is 402 g/mol. The van der Waals surface area contributed by atoms with Crippen molar-refractivity contribution in [2.24, 2.45) is 4.99 Å². The summed E-state index contributed by atoms with van der Waals surface area (Å²) >= 11 is 0. The van der Waals surface area contributed by atoms with Gasteiger partial charge in [0.15, 0.2) is 0 Å². The van der Waals surface area contributed by atoms with E-state index in [0.29, 0.717) is 5.56 Å². The maximum absolute atomic E-state index is 10.4. The van der Waals surface area contributed by atoms with Gasteiger partial charge >= 0.3 is 0 Å². The van der Waals surface area contributed by atoms with Crippen LogP contribution in [0, 0.1) is 27.7 Å². The zero-order valence-corrected chi connectivity index (χ0v) is 17.7. The molecule has 4 N–H and O–H groups in total. The number of aromatic hydroxyl groups is 2. The van der Waals surface area contributed by atoms with Crippen LogP contribution >= 0.6 is 0 Å². The van der Waals surface area contributed by atoms with Crippen molar-refractivity contribution in [1.29, 1.82) is 0 Å². The number of aliphatic imine (C=N–C) groups is 1. The van der Waals surface area contributed by atoms with Gasteiger partial charge in [-0.25, -0.2) is 4.99 Å². The first kappa shape index (κ1) is 20.0. The molecule has 0 saturated carbocycles. The van der Waals surface area contributed by atoms with E-state index in [1.54, 1.807) is 12.1 Å². The molecule has 5 heteroatoms. The molecular weight excluding hydrogens is 374 g/mol. The smallest absolute Gasteiger partial charge is 0.131 e. The number of phenols is 2. The molecule has 1 aliphatic rings. The lowest BCUT2D eigenvalue weighted by molar-refractivity contribution is 0.385. The lowest BCUT2D eigenvalue weighted by atomic mass is 10.0. The number of nitrogens with zero attached hydrogens (tertiary/aromatic N) is 1. The van der Waals surface area contributed by atoms with Crippen LogP contribution in [-0.2, 0) is 0 Å². The minimum absolute atomic E-state index is 0.0279. The van der Waals surface area contributed by atoms with Crippen LogP contribution in [0.1, 0.15) is 51.3 Å². The van der Waals surface area contributed by atoms with Crippen molar-refractivity contribution in [1.82, 2.24) is 10.6 Å². The SMILES string of the molecule is Cc1ccc(C2=NC(c3ccc(C)c(C)c3)NC(c3ccc(O)cc3O)N2)cc1C. The molecule has 154 valence electrons. The van der Waals surface area contributed by atoms with Crippen LogP contribution in [-0.4, -0.2) is 16.0 Å². The quantitative estimate of drug-likeness (QED) is 0.514. The molecule has 0 amide bonds. The molecule has 0 bridgehead atoms. The number of hydrogen-bond acceptors (Lipinski definition) is 5. The second-order valence-electron chi connectivity index (χ2n) is 8.01. The molecular formula is C25H27N3O2. The van der Waals surface area contributed by atoms with Crippen molar-refractivity contribution in [2.45, 2.75) is 40.0 Å². The molecule has 0 fully saturated rings. The van der Waals surface area contributed by atoms with E-state index in [1.165, 1.54) is 28.3 Å². The fourth-order valence-corrected chi connectivity index (χ4v) is 3.64. The van der Waals surface area contributed by atoms with Crippen LogP contribution in [0.2, 0.25) is 0 Å². The summed E-state index contributed by atoms with van der Waals surface area (Å²) in [6.07, 6.45) is -0.647. The Bertz CT molecular complexity index is 1140. The number of amidine groups is 1. The highest BCUT2D eigenvalue weighted by Gasteiger charge is 2.27. The summed E-state index contributed by atoms with van der Waals surface area (Å²) in [6, 6.07) is 17.3. The molecule has 2 unspecified atom stereocenters. The van der Waals surface area contributed by atoms with Crippen molar-refractivity contribution in [2.75, 3.05) is 0 Å². The fourth-order valence-electron chi connectivity index (χ4n) is 3.64. The molecule has 0 radical (unpaired) electrons. The minimum Gasteiger partial charge on any atom is -0.508 e. The largest absolute Gasteiger partial charge is 0.508 e. The van der Waals surface area contributed by atoms with Gasteiger partial charge in [-0.05, 0) is 73.7 Å². The topological polar surface area (TPSA) is 76.9 Å². The summed E-state index contributed by atoms with van der Waals surface area (Å²) in [4.78, 5) is 4.95. The van der Waals surface area contributed by atoms with Crippen LogP contribution in [0.3, 0.4) is 0 Å². The second-order valence-corrected chi connectivity index (χ2v) is 8.01. The molecule has 0 spiro atoms. The Balaban J connectivity index is 1.79. The first-order valence-corrected chi connectivity index (χ1v) is 10.1. The fraction of sp³-hybridized carbons (Fsp3) is 0.240. The number of hydrogen-bond donors (Lipinski definition) is 4. The van der Waals surface area contributed by atoms with Crippen LogP contribution in [0.5, 0.6) is 11.5 Å². The molecule has 4 rings (SSSR count). The van der Waals surface area contributed by atoms with Crippen molar-refractivity contribution in [3.63, 3.8) is 0 Å². The minimum atomic E-state index is -0.369. The van der Waals surface area contributed by atoms with Gasteiger partial charge in [0, 0.05) is 17.2 Å². The van der Waals surface area contributed by atoms with Crippen molar-refractivity contribution in [3.05, 3.63) is 93.5 Å². The molecule has 2 atom stereocenters. The summed E-state index contributed by atoms with van der Waals surface area (Å²) in [5, 5.41) is 27.0. The Labute approximate surface area is 177 Å². The van der Waals surface area contributed by atoms with Crippen LogP contribution < -0.4 is 10.6 Å². The Kier molecular flexibility index (Phi) is 5.22. The Hall–Kier alpha value is -3.31. The maximum atomic E-state index is 10.4. The molecule has 0 saturated heterocycles. The van der Waals surface area contributed by atoms with E-state index in [2.05, 4.69) is 74.7 Å². The first-order valence-electron chi connectivity index (χ1n) is 10.1. The van der Waals surface area contributed by atoms with Gasteiger partial charge in [0.1, 0.15) is 29.7 Å². The van der Waals surface area contributed by atoms with E-state index in [1.807, 2.05) is 0 Å². The van der Waals surface area contributed by atoms with Gasteiger partial charge in [-0.1, -0.05) is 30.3 Å². The Morgan fingerprint density at radius 3 is 2.13 bits per heavy atom. The lowest BCUT2D eigenvalue weighted by Gasteiger charge is -2.32. The van der Waals surface area contributed by atoms with Gasteiger partial charge in [-0.15, -0.1) is 0 Å². The second kappa shape index (κ2) is 7.84. The molecule has 0 aromatic heterocycles. The lowest BCUT2D eigenvalue weighted by Crippen LogP contribution is -2.45. The van der Waals surface area contributed by atoms with Crippen LogP contribution in [0.25, 0.3) is 0 Å². The van der Waals surface area contributed by atoms with Gasteiger partial charge in [0.25, 0.3) is 0 Å². The van der Waals surface area contributed by atoms with Gasteiger partial charge < -0.3 is 15.5 Å². The van der Waals surface area contributed by atoms with E-state index < -0.39 is 0 Å². The Morgan fingerprint density at radius 1 is 0.767 bits per heavy atom. The van der Waals surface area contributed by atoms with E-state index in [0.717, 1.165) is 17.0 Å².